The minimum atomic E-state index is -3.47. The number of rotatable bonds is 5. The van der Waals surface area contributed by atoms with Gasteiger partial charge in [0.25, 0.3) is 0 Å². The summed E-state index contributed by atoms with van der Waals surface area (Å²) >= 11 is 1.48. The van der Waals surface area contributed by atoms with Gasteiger partial charge in [-0.1, -0.05) is 12.1 Å². The predicted octanol–water partition coefficient (Wildman–Crippen LogP) is 2.57. The lowest BCUT2D eigenvalue weighted by Gasteiger charge is -2.04. The number of benzene rings is 1. The van der Waals surface area contributed by atoms with Gasteiger partial charge < -0.3 is 9.47 Å². The zero-order valence-corrected chi connectivity index (χ0v) is 12.6. The second-order valence-electron chi connectivity index (χ2n) is 4.37. The van der Waals surface area contributed by atoms with Gasteiger partial charge in [-0.25, -0.2) is 13.1 Å². The number of hydrogen-bond donors (Lipinski definition) is 1. The highest BCUT2D eigenvalue weighted by Gasteiger charge is 2.14. The van der Waals surface area contributed by atoms with E-state index in [2.05, 4.69) is 4.72 Å². The summed E-state index contributed by atoms with van der Waals surface area (Å²) in [6.45, 7) is 0.405. The monoisotopic (exact) mass is 323 g/mol. The summed E-state index contributed by atoms with van der Waals surface area (Å²) in [5.41, 5.74) is 0.812. The van der Waals surface area contributed by atoms with Crippen LogP contribution in [-0.2, 0) is 16.6 Å². The van der Waals surface area contributed by atoms with E-state index in [0.29, 0.717) is 11.5 Å². The summed E-state index contributed by atoms with van der Waals surface area (Å²) in [6, 6.07) is 9.08. The summed E-state index contributed by atoms with van der Waals surface area (Å²) in [6.07, 6.45) is 1.58. The van der Waals surface area contributed by atoms with Crippen molar-refractivity contribution in [2.45, 2.75) is 6.54 Å². The molecular weight excluding hydrogens is 310 g/mol. The van der Waals surface area contributed by atoms with Crippen molar-refractivity contribution in [1.82, 2.24) is 4.72 Å². The second kappa shape index (κ2) is 5.88. The Hall–Kier alpha value is -1.83. The van der Waals surface area contributed by atoms with E-state index in [9.17, 15) is 8.42 Å². The molecule has 1 aliphatic heterocycles. The van der Waals surface area contributed by atoms with E-state index < -0.39 is 10.0 Å². The average Bonchev–Trinajstić information content (AvgIpc) is 3.13. The molecule has 0 saturated carbocycles. The maximum Gasteiger partial charge on any atom is 0.234 e. The molecule has 0 unspecified atom stereocenters. The van der Waals surface area contributed by atoms with Gasteiger partial charge in [0.15, 0.2) is 11.5 Å². The Morgan fingerprint density at radius 3 is 2.90 bits per heavy atom. The van der Waals surface area contributed by atoms with Gasteiger partial charge in [-0.3, -0.25) is 0 Å². The molecule has 1 aromatic carbocycles. The van der Waals surface area contributed by atoms with Crippen LogP contribution in [-0.4, -0.2) is 15.2 Å². The van der Waals surface area contributed by atoms with E-state index in [0.717, 1.165) is 10.4 Å². The lowest BCUT2D eigenvalue weighted by atomic mass is 10.2. The lowest BCUT2D eigenvalue weighted by Crippen LogP contribution is -2.20. The summed E-state index contributed by atoms with van der Waals surface area (Å²) in [7, 11) is -3.47. The summed E-state index contributed by atoms with van der Waals surface area (Å²) in [5, 5.41) is 3.07. The molecule has 7 heteroatoms. The first-order valence-electron chi connectivity index (χ1n) is 6.22. The minimum Gasteiger partial charge on any atom is -0.454 e. The third kappa shape index (κ3) is 3.63. The van der Waals surface area contributed by atoms with Gasteiger partial charge in [0.2, 0.25) is 16.8 Å². The fraction of sp³-hybridized carbons (Fsp3) is 0.143. The normalized spacial score (nSPS) is 13.9. The first kappa shape index (κ1) is 14.1. The number of ether oxygens (including phenoxy) is 2. The first-order valence-corrected chi connectivity index (χ1v) is 8.65. The van der Waals surface area contributed by atoms with Gasteiger partial charge in [-0.2, -0.15) is 0 Å². The molecular formula is C14H13NO4S2. The van der Waals surface area contributed by atoms with Crippen molar-refractivity contribution < 1.29 is 17.9 Å². The molecule has 0 radical (unpaired) electrons. The number of thiophene rings is 1. The molecule has 21 heavy (non-hydrogen) atoms. The molecule has 1 N–H and O–H groups in total. The van der Waals surface area contributed by atoms with E-state index in [-0.39, 0.29) is 13.3 Å². The van der Waals surface area contributed by atoms with Gasteiger partial charge in [0, 0.05) is 16.8 Å². The highest BCUT2D eigenvalue weighted by Crippen LogP contribution is 2.32. The van der Waals surface area contributed by atoms with Gasteiger partial charge in [0.05, 0.1) is 0 Å². The molecule has 0 aliphatic carbocycles. The molecule has 3 rings (SSSR count). The summed E-state index contributed by atoms with van der Waals surface area (Å²) in [4.78, 5) is 0.892. The van der Waals surface area contributed by atoms with Crippen molar-refractivity contribution in [2.24, 2.45) is 0 Å². The third-order valence-electron chi connectivity index (χ3n) is 2.87. The highest BCUT2D eigenvalue weighted by atomic mass is 32.2. The fourth-order valence-corrected chi connectivity index (χ4v) is 3.32. The van der Waals surface area contributed by atoms with E-state index >= 15 is 0 Å². The van der Waals surface area contributed by atoms with Crippen LogP contribution in [0.4, 0.5) is 0 Å². The standard InChI is InChI=1S/C14H13NO4S2/c16-21(17,7-5-12-2-1-6-20-12)15-9-11-3-4-13-14(8-11)19-10-18-13/h1-8,15H,9-10H2. The van der Waals surface area contributed by atoms with Crippen molar-refractivity contribution in [3.8, 4) is 11.5 Å². The molecule has 0 amide bonds. The molecule has 0 atom stereocenters. The van der Waals surface area contributed by atoms with Crippen LogP contribution in [0.1, 0.15) is 10.4 Å². The molecule has 2 aromatic rings. The van der Waals surface area contributed by atoms with Crippen molar-refractivity contribution in [2.75, 3.05) is 6.79 Å². The summed E-state index contributed by atoms with van der Waals surface area (Å²) in [5.74, 6) is 1.32. The number of hydrogen-bond acceptors (Lipinski definition) is 5. The molecule has 0 bridgehead atoms. The highest BCUT2D eigenvalue weighted by molar-refractivity contribution is 7.92. The zero-order chi connectivity index (χ0) is 14.7. The molecule has 2 heterocycles. The molecule has 1 aromatic heterocycles. The number of nitrogens with one attached hydrogen (secondary N) is 1. The van der Waals surface area contributed by atoms with Crippen LogP contribution in [0.25, 0.3) is 6.08 Å². The van der Waals surface area contributed by atoms with E-state index in [1.165, 1.54) is 16.7 Å². The fourth-order valence-electron chi connectivity index (χ4n) is 1.83. The predicted molar refractivity (Wildman–Crippen MR) is 81.7 cm³/mol. The number of fused-ring (bicyclic) bond motifs is 1. The molecule has 0 fully saturated rings. The van der Waals surface area contributed by atoms with Crippen LogP contribution in [0.5, 0.6) is 11.5 Å². The van der Waals surface area contributed by atoms with E-state index in [1.807, 2.05) is 17.5 Å². The van der Waals surface area contributed by atoms with Crippen LogP contribution in [0.2, 0.25) is 0 Å². The lowest BCUT2D eigenvalue weighted by molar-refractivity contribution is 0.174. The van der Waals surface area contributed by atoms with Gasteiger partial charge in [-0.05, 0) is 35.2 Å². The van der Waals surface area contributed by atoms with Gasteiger partial charge in [0.1, 0.15) is 0 Å². The Morgan fingerprint density at radius 1 is 1.24 bits per heavy atom. The molecule has 110 valence electrons. The number of sulfonamides is 1. The van der Waals surface area contributed by atoms with Crippen LogP contribution in [0, 0.1) is 0 Å². The Kier molecular flexibility index (Phi) is 3.96. The first-order chi connectivity index (χ1) is 10.1. The molecule has 0 saturated heterocycles. The van der Waals surface area contributed by atoms with Crippen molar-refractivity contribution >= 4 is 27.4 Å². The quantitative estimate of drug-likeness (QED) is 0.918. The smallest absolute Gasteiger partial charge is 0.234 e. The maximum atomic E-state index is 11.9. The summed E-state index contributed by atoms with van der Waals surface area (Å²) < 4.78 is 36.8. The van der Waals surface area contributed by atoms with Crippen LogP contribution < -0.4 is 14.2 Å². The second-order valence-corrected chi connectivity index (χ2v) is 7.00. The Labute approximate surface area is 126 Å². The Balaban J connectivity index is 1.64. The third-order valence-corrected chi connectivity index (χ3v) is 4.75. The van der Waals surface area contributed by atoms with Crippen molar-refractivity contribution in [3.05, 3.63) is 51.6 Å². The molecule has 0 spiro atoms. The Bertz CT molecular complexity index is 751. The minimum absolute atomic E-state index is 0.202. The zero-order valence-electron chi connectivity index (χ0n) is 11.0. The van der Waals surface area contributed by atoms with Crippen molar-refractivity contribution in [1.29, 1.82) is 0 Å². The van der Waals surface area contributed by atoms with Crippen LogP contribution >= 0.6 is 11.3 Å². The van der Waals surface area contributed by atoms with Gasteiger partial charge in [-0.15, -0.1) is 11.3 Å². The van der Waals surface area contributed by atoms with E-state index in [4.69, 9.17) is 9.47 Å². The Morgan fingerprint density at radius 2 is 2.10 bits per heavy atom. The largest absolute Gasteiger partial charge is 0.454 e. The van der Waals surface area contributed by atoms with Crippen LogP contribution in [0.3, 0.4) is 0 Å². The van der Waals surface area contributed by atoms with Crippen LogP contribution in [0.15, 0.2) is 41.1 Å². The molecule has 5 nitrogen and oxygen atoms in total. The average molecular weight is 323 g/mol. The maximum absolute atomic E-state index is 11.9. The van der Waals surface area contributed by atoms with Crippen molar-refractivity contribution in [3.63, 3.8) is 0 Å². The van der Waals surface area contributed by atoms with Gasteiger partial charge >= 0.3 is 0 Å². The SMILES string of the molecule is O=S(=O)(C=Cc1cccs1)NCc1ccc2c(c1)OCO2. The van der Waals surface area contributed by atoms with E-state index in [1.54, 1.807) is 24.3 Å². The topological polar surface area (TPSA) is 64.6 Å². The molecule has 1 aliphatic rings.